The number of allylic oxidation sites excluding steroid dienone is 2. The first kappa shape index (κ1) is 9.55. The van der Waals surface area contributed by atoms with E-state index in [1.165, 1.54) is 0 Å². The zero-order valence-electron chi connectivity index (χ0n) is 8.10. The van der Waals surface area contributed by atoms with E-state index in [0.717, 1.165) is 19.4 Å². The molecule has 1 saturated heterocycles. The van der Waals surface area contributed by atoms with E-state index < -0.39 is 6.23 Å². The lowest BCUT2D eigenvalue weighted by Gasteiger charge is -2.38. The maximum atomic E-state index is 9.82. The number of aliphatic hydroxyl groups excluding tert-OH is 1. The molecule has 2 heterocycles. The summed E-state index contributed by atoms with van der Waals surface area (Å²) in [5.41, 5.74) is 6.15. The molecule has 0 amide bonds. The minimum Gasteiger partial charge on any atom is -0.398 e. The number of nitrogens with zero attached hydrogens (tertiary/aromatic N) is 1. The summed E-state index contributed by atoms with van der Waals surface area (Å²) in [6.45, 7) is 1.50. The van der Waals surface area contributed by atoms with E-state index in [0.29, 0.717) is 12.3 Å². The van der Waals surface area contributed by atoms with Crippen LogP contribution in [0, 0.1) is 0 Å². The molecule has 3 N–H and O–H groups in total. The van der Waals surface area contributed by atoms with Crippen molar-refractivity contribution in [3.8, 4) is 0 Å². The zero-order valence-corrected chi connectivity index (χ0v) is 8.10. The maximum Gasteiger partial charge on any atom is 0.167 e. The highest BCUT2D eigenvalue weighted by atomic mass is 16.5. The highest BCUT2D eigenvalue weighted by molar-refractivity contribution is 5.18. The summed E-state index contributed by atoms with van der Waals surface area (Å²) in [5.74, 6) is 0. The van der Waals surface area contributed by atoms with Gasteiger partial charge in [0.25, 0.3) is 0 Å². The largest absolute Gasteiger partial charge is 0.398 e. The predicted octanol–water partition coefficient (Wildman–Crippen LogP) is 0.156. The van der Waals surface area contributed by atoms with Gasteiger partial charge in [-0.25, -0.2) is 0 Å². The van der Waals surface area contributed by atoms with Crippen LogP contribution >= 0.6 is 0 Å². The summed E-state index contributed by atoms with van der Waals surface area (Å²) in [5, 5.41) is 9.82. The first-order chi connectivity index (χ1) is 6.79. The highest BCUT2D eigenvalue weighted by Gasteiger charge is 2.26. The average Bonchev–Trinajstić information content (AvgIpc) is 2.23. The number of rotatable bonds is 1. The fourth-order valence-electron chi connectivity index (χ4n) is 1.87. The van der Waals surface area contributed by atoms with Crippen LogP contribution in [0.1, 0.15) is 12.8 Å². The van der Waals surface area contributed by atoms with Gasteiger partial charge in [0.1, 0.15) is 0 Å². The monoisotopic (exact) mass is 196 g/mol. The van der Waals surface area contributed by atoms with E-state index in [1.54, 1.807) is 6.08 Å². The summed E-state index contributed by atoms with van der Waals surface area (Å²) in [4.78, 5) is 1.87. The van der Waals surface area contributed by atoms with Crippen LogP contribution in [0.3, 0.4) is 0 Å². The van der Waals surface area contributed by atoms with Crippen LogP contribution in [0.2, 0.25) is 0 Å². The Bertz CT molecular complexity index is 257. The van der Waals surface area contributed by atoms with Crippen molar-refractivity contribution < 1.29 is 9.84 Å². The normalized spacial score (nSPS) is 32.9. The van der Waals surface area contributed by atoms with Gasteiger partial charge in [-0.2, -0.15) is 0 Å². The average molecular weight is 196 g/mol. The van der Waals surface area contributed by atoms with E-state index in [9.17, 15) is 5.11 Å². The van der Waals surface area contributed by atoms with Gasteiger partial charge in [-0.1, -0.05) is 0 Å². The molecule has 0 aromatic carbocycles. The van der Waals surface area contributed by atoms with Gasteiger partial charge in [-0.3, -0.25) is 0 Å². The van der Waals surface area contributed by atoms with Gasteiger partial charge in [0.2, 0.25) is 0 Å². The topological polar surface area (TPSA) is 58.7 Å². The quantitative estimate of drug-likeness (QED) is 0.627. The summed E-state index contributed by atoms with van der Waals surface area (Å²) < 4.78 is 5.37. The number of hydrogen-bond donors (Lipinski definition) is 2. The predicted molar refractivity (Wildman–Crippen MR) is 53.1 cm³/mol. The summed E-state index contributed by atoms with van der Waals surface area (Å²) in [7, 11) is 0. The Labute approximate surface area is 83.6 Å². The van der Waals surface area contributed by atoms with Crippen molar-refractivity contribution in [3.05, 3.63) is 24.0 Å². The Morgan fingerprint density at radius 2 is 2.43 bits per heavy atom. The van der Waals surface area contributed by atoms with Crippen LogP contribution < -0.4 is 5.73 Å². The van der Waals surface area contributed by atoms with Crippen LogP contribution in [-0.4, -0.2) is 35.5 Å². The lowest BCUT2D eigenvalue weighted by atomic mass is 10.1. The smallest absolute Gasteiger partial charge is 0.167 e. The van der Waals surface area contributed by atoms with Crippen LogP contribution in [0.15, 0.2) is 24.0 Å². The van der Waals surface area contributed by atoms with Crippen LogP contribution in [0.5, 0.6) is 0 Å². The van der Waals surface area contributed by atoms with E-state index in [2.05, 4.69) is 0 Å². The molecule has 2 unspecified atom stereocenters. The second kappa shape index (κ2) is 4.02. The Balaban J connectivity index is 2.03. The van der Waals surface area contributed by atoms with Crippen molar-refractivity contribution in [3.63, 3.8) is 0 Å². The first-order valence-electron chi connectivity index (χ1n) is 4.96. The molecule has 14 heavy (non-hydrogen) atoms. The Morgan fingerprint density at radius 1 is 1.57 bits per heavy atom. The Morgan fingerprint density at radius 3 is 3.14 bits per heavy atom. The van der Waals surface area contributed by atoms with Crippen LogP contribution in [-0.2, 0) is 4.74 Å². The molecule has 0 aromatic rings. The molecule has 0 bridgehead atoms. The third kappa shape index (κ3) is 1.76. The zero-order chi connectivity index (χ0) is 9.97. The molecule has 0 aromatic heterocycles. The SMILES string of the molecule is NC1=CC=CN(C2CCCOC2)C1O. The minimum atomic E-state index is -0.688. The van der Waals surface area contributed by atoms with Crippen molar-refractivity contribution in [1.29, 1.82) is 0 Å². The van der Waals surface area contributed by atoms with Gasteiger partial charge in [-0.15, -0.1) is 0 Å². The molecule has 0 spiro atoms. The fourth-order valence-corrected chi connectivity index (χ4v) is 1.87. The molecule has 78 valence electrons. The molecule has 2 aliphatic rings. The number of hydrogen-bond acceptors (Lipinski definition) is 4. The maximum absolute atomic E-state index is 9.82. The number of nitrogens with two attached hydrogens (primary N) is 1. The number of ether oxygens (including phenoxy) is 1. The van der Waals surface area contributed by atoms with E-state index in [-0.39, 0.29) is 6.04 Å². The molecule has 2 aliphatic heterocycles. The van der Waals surface area contributed by atoms with Crippen molar-refractivity contribution in [1.82, 2.24) is 4.90 Å². The van der Waals surface area contributed by atoms with Crippen LogP contribution in [0.4, 0.5) is 0 Å². The van der Waals surface area contributed by atoms with Gasteiger partial charge in [0, 0.05) is 12.8 Å². The summed E-state index contributed by atoms with van der Waals surface area (Å²) >= 11 is 0. The second-order valence-electron chi connectivity index (χ2n) is 3.70. The molecule has 4 nitrogen and oxygen atoms in total. The Kier molecular flexibility index (Phi) is 2.74. The molecule has 0 radical (unpaired) electrons. The van der Waals surface area contributed by atoms with Gasteiger partial charge >= 0.3 is 0 Å². The molecule has 0 saturated carbocycles. The molecule has 2 atom stereocenters. The summed E-state index contributed by atoms with van der Waals surface area (Å²) in [6.07, 6.45) is 6.87. The molecule has 0 aliphatic carbocycles. The number of aliphatic hydroxyl groups is 1. The lowest BCUT2D eigenvalue weighted by Crippen LogP contribution is -2.46. The first-order valence-corrected chi connectivity index (χ1v) is 4.96. The van der Waals surface area contributed by atoms with Gasteiger partial charge in [0.15, 0.2) is 6.23 Å². The van der Waals surface area contributed by atoms with Crippen molar-refractivity contribution in [2.75, 3.05) is 13.2 Å². The molecular formula is C10H16N2O2. The molecular weight excluding hydrogens is 180 g/mol. The van der Waals surface area contributed by atoms with E-state index in [4.69, 9.17) is 10.5 Å². The highest BCUT2D eigenvalue weighted by Crippen LogP contribution is 2.20. The van der Waals surface area contributed by atoms with Gasteiger partial charge in [0.05, 0.1) is 18.3 Å². The van der Waals surface area contributed by atoms with Crippen molar-refractivity contribution in [2.45, 2.75) is 25.1 Å². The standard InChI is InChI=1S/C10H16N2O2/c11-9-4-1-5-12(10(9)13)8-3-2-6-14-7-8/h1,4-5,8,10,13H,2-3,6-7,11H2. The van der Waals surface area contributed by atoms with Crippen LogP contribution in [0.25, 0.3) is 0 Å². The Hall–Kier alpha value is -1.00. The summed E-state index contributed by atoms with van der Waals surface area (Å²) in [6, 6.07) is 0.252. The van der Waals surface area contributed by atoms with Crippen molar-refractivity contribution in [2.24, 2.45) is 5.73 Å². The molecule has 4 heteroatoms. The molecule has 2 rings (SSSR count). The fraction of sp³-hybridized carbons (Fsp3) is 0.600. The third-order valence-electron chi connectivity index (χ3n) is 2.69. The van der Waals surface area contributed by atoms with Crippen molar-refractivity contribution >= 4 is 0 Å². The van der Waals surface area contributed by atoms with Gasteiger partial charge in [-0.05, 0) is 25.0 Å². The van der Waals surface area contributed by atoms with E-state index >= 15 is 0 Å². The van der Waals surface area contributed by atoms with E-state index in [1.807, 2.05) is 17.2 Å². The van der Waals surface area contributed by atoms with Gasteiger partial charge < -0.3 is 20.5 Å². The lowest BCUT2D eigenvalue weighted by molar-refractivity contribution is -0.0267. The molecule has 1 fully saturated rings. The minimum absolute atomic E-state index is 0.252. The second-order valence-corrected chi connectivity index (χ2v) is 3.70. The third-order valence-corrected chi connectivity index (χ3v) is 2.69.